The van der Waals surface area contributed by atoms with Crippen LogP contribution in [0.4, 0.5) is 5.69 Å². The van der Waals surface area contributed by atoms with Gasteiger partial charge in [-0.05, 0) is 52.6 Å². The van der Waals surface area contributed by atoms with Crippen molar-refractivity contribution >= 4 is 11.6 Å². The molecule has 1 aromatic carbocycles. The zero-order chi connectivity index (χ0) is 15.2. The monoisotopic (exact) mass is 277 g/mol. The molecule has 4 heteroatoms. The second-order valence-electron chi connectivity index (χ2n) is 6.41. The Bertz CT molecular complexity index is 436. The summed E-state index contributed by atoms with van der Waals surface area (Å²) in [6.07, 6.45) is 0.481. The van der Waals surface area contributed by atoms with Crippen LogP contribution in [0.3, 0.4) is 0 Å². The molecule has 4 nitrogen and oxygen atoms in total. The fraction of sp³-hybridized carbons (Fsp3) is 0.562. The van der Waals surface area contributed by atoms with Gasteiger partial charge in [-0.15, -0.1) is 0 Å². The molecule has 0 unspecified atom stereocenters. The van der Waals surface area contributed by atoms with Gasteiger partial charge in [0.05, 0.1) is 0 Å². The Balaban J connectivity index is 2.45. The molecule has 0 aliphatic carbocycles. The number of nitrogens with zero attached hydrogens (tertiary/aromatic N) is 1. The Labute approximate surface area is 122 Å². The third kappa shape index (κ3) is 7.26. The summed E-state index contributed by atoms with van der Waals surface area (Å²) >= 11 is 0. The van der Waals surface area contributed by atoms with E-state index in [1.54, 1.807) is 0 Å². The molecule has 112 valence electrons. The number of hydrogen-bond donors (Lipinski definition) is 2. The van der Waals surface area contributed by atoms with E-state index >= 15 is 0 Å². The quantitative estimate of drug-likeness (QED) is 0.839. The van der Waals surface area contributed by atoms with Crippen LogP contribution in [0, 0.1) is 0 Å². The van der Waals surface area contributed by atoms with Crippen LogP contribution in [0.25, 0.3) is 0 Å². The summed E-state index contributed by atoms with van der Waals surface area (Å²) < 4.78 is 0. The van der Waals surface area contributed by atoms with Crippen LogP contribution in [0.2, 0.25) is 0 Å². The van der Waals surface area contributed by atoms with Crippen molar-refractivity contribution < 1.29 is 4.79 Å². The van der Waals surface area contributed by atoms with Gasteiger partial charge in [0.15, 0.2) is 0 Å². The largest absolute Gasteiger partial charge is 0.326 e. The van der Waals surface area contributed by atoms with Gasteiger partial charge < -0.3 is 15.5 Å². The molecule has 0 atom stereocenters. The van der Waals surface area contributed by atoms with Crippen molar-refractivity contribution in [3.8, 4) is 0 Å². The predicted molar refractivity (Wildman–Crippen MR) is 84.8 cm³/mol. The minimum Gasteiger partial charge on any atom is -0.326 e. The lowest BCUT2D eigenvalue weighted by Gasteiger charge is -2.20. The van der Waals surface area contributed by atoms with Crippen LogP contribution in [0.1, 0.15) is 32.8 Å². The molecule has 2 N–H and O–H groups in total. The number of carbonyl (C=O) groups excluding carboxylic acids is 1. The van der Waals surface area contributed by atoms with E-state index in [9.17, 15) is 4.79 Å². The first-order valence-corrected chi connectivity index (χ1v) is 7.05. The van der Waals surface area contributed by atoms with Crippen LogP contribution in [-0.2, 0) is 11.3 Å². The summed E-state index contributed by atoms with van der Waals surface area (Å²) in [5.74, 6) is 0.0451. The first-order chi connectivity index (χ1) is 9.26. The van der Waals surface area contributed by atoms with Gasteiger partial charge in [-0.25, -0.2) is 0 Å². The van der Waals surface area contributed by atoms with Gasteiger partial charge in [-0.2, -0.15) is 0 Å². The van der Waals surface area contributed by atoms with Crippen LogP contribution in [0.5, 0.6) is 0 Å². The number of amides is 1. The van der Waals surface area contributed by atoms with Crippen LogP contribution in [-0.4, -0.2) is 37.0 Å². The van der Waals surface area contributed by atoms with Crippen molar-refractivity contribution in [2.24, 2.45) is 0 Å². The summed E-state index contributed by atoms with van der Waals surface area (Å²) in [4.78, 5) is 14.0. The molecule has 0 aliphatic rings. The number of anilines is 1. The van der Waals surface area contributed by atoms with Gasteiger partial charge in [0.1, 0.15) is 0 Å². The van der Waals surface area contributed by atoms with E-state index in [0.29, 0.717) is 13.0 Å². The topological polar surface area (TPSA) is 44.4 Å². The molecule has 0 bridgehead atoms. The standard InChI is InChI=1S/C16H27N3O/c1-16(2,3)17-10-9-15(20)18-14-8-6-7-13(11-14)12-19(4)5/h6-8,11,17H,9-10,12H2,1-5H3,(H,18,20). The van der Waals surface area contributed by atoms with Crippen molar-refractivity contribution in [1.29, 1.82) is 0 Å². The fourth-order valence-corrected chi connectivity index (χ4v) is 1.89. The Morgan fingerprint density at radius 2 is 1.95 bits per heavy atom. The lowest BCUT2D eigenvalue weighted by atomic mass is 10.1. The van der Waals surface area contributed by atoms with Crippen molar-refractivity contribution in [3.05, 3.63) is 29.8 Å². The van der Waals surface area contributed by atoms with Crippen LogP contribution < -0.4 is 10.6 Å². The van der Waals surface area contributed by atoms with E-state index in [2.05, 4.69) is 42.4 Å². The molecule has 0 saturated carbocycles. The molecule has 0 fully saturated rings. The maximum atomic E-state index is 11.9. The minimum atomic E-state index is 0.0451. The van der Waals surface area contributed by atoms with Gasteiger partial charge in [-0.1, -0.05) is 12.1 Å². The summed E-state index contributed by atoms with van der Waals surface area (Å²) in [5.41, 5.74) is 2.11. The summed E-state index contributed by atoms with van der Waals surface area (Å²) in [6, 6.07) is 7.99. The molecule has 0 radical (unpaired) electrons. The number of rotatable bonds is 6. The van der Waals surface area contributed by atoms with Gasteiger partial charge in [-0.3, -0.25) is 4.79 Å². The Hall–Kier alpha value is -1.39. The lowest BCUT2D eigenvalue weighted by molar-refractivity contribution is -0.116. The van der Waals surface area contributed by atoms with E-state index in [4.69, 9.17) is 0 Å². The van der Waals surface area contributed by atoms with Crippen molar-refractivity contribution in [3.63, 3.8) is 0 Å². The maximum Gasteiger partial charge on any atom is 0.225 e. The summed E-state index contributed by atoms with van der Waals surface area (Å²) in [7, 11) is 4.06. The highest BCUT2D eigenvalue weighted by atomic mass is 16.1. The average Bonchev–Trinajstić information content (AvgIpc) is 2.26. The molecule has 1 rings (SSSR count). The maximum absolute atomic E-state index is 11.9. The van der Waals surface area contributed by atoms with Crippen molar-refractivity contribution in [1.82, 2.24) is 10.2 Å². The minimum absolute atomic E-state index is 0.0451. The molecular formula is C16H27N3O. The average molecular weight is 277 g/mol. The van der Waals surface area contributed by atoms with E-state index in [-0.39, 0.29) is 11.4 Å². The molecule has 1 aromatic rings. The molecular weight excluding hydrogens is 250 g/mol. The molecule has 0 saturated heterocycles. The highest BCUT2D eigenvalue weighted by Gasteiger charge is 2.09. The van der Waals surface area contributed by atoms with Crippen LogP contribution in [0.15, 0.2) is 24.3 Å². The normalized spacial score (nSPS) is 11.7. The second-order valence-corrected chi connectivity index (χ2v) is 6.41. The Morgan fingerprint density at radius 3 is 2.55 bits per heavy atom. The van der Waals surface area contributed by atoms with E-state index in [0.717, 1.165) is 12.2 Å². The lowest BCUT2D eigenvalue weighted by Crippen LogP contribution is -2.37. The van der Waals surface area contributed by atoms with Crippen molar-refractivity contribution in [2.75, 3.05) is 26.0 Å². The van der Waals surface area contributed by atoms with Gasteiger partial charge >= 0.3 is 0 Å². The first kappa shape index (κ1) is 16.7. The van der Waals surface area contributed by atoms with Gasteiger partial charge in [0.2, 0.25) is 5.91 Å². The molecule has 0 heterocycles. The zero-order valence-corrected chi connectivity index (χ0v) is 13.3. The van der Waals surface area contributed by atoms with E-state index < -0.39 is 0 Å². The second kappa shape index (κ2) is 7.41. The van der Waals surface area contributed by atoms with E-state index in [1.165, 1.54) is 5.56 Å². The molecule has 0 aromatic heterocycles. The van der Waals surface area contributed by atoms with Crippen LogP contribution >= 0.6 is 0 Å². The molecule has 0 spiro atoms. The van der Waals surface area contributed by atoms with Gasteiger partial charge in [0.25, 0.3) is 0 Å². The Morgan fingerprint density at radius 1 is 1.25 bits per heavy atom. The number of carbonyl (C=O) groups is 1. The first-order valence-electron chi connectivity index (χ1n) is 7.05. The van der Waals surface area contributed by atoms with E-state index in [1.807, 2.05) is 32.3 Å². The third-order valence-corrected chi connectivity index (χ3v) is 2.72. The highest BCUT2D eigenvalue weighted by molar-refractivity contribution is 5.90. The predicted octanol–water partition coefficient (Wildman–Crippen LogP) is 2.46. The van der Waals surface area contributed by atoms with Crippen molar-refractivity contribution in [2.45, 2.75) is 39.3 Å². The molecule has 20 heavy (non-hydrogen) atoms. The number of benzene rings is 1. The number of nitrogens with one attached hydrogen (secondary N) is 2. The smallest absolute Gasteiger partial charge is 0.225 e. The highest BCUT2D eigenvalue weighted by Crippen LogP contribution is 2.12. The number of hydrogen-bond acceptors (Lipinski definition) is 3. The molecule has 1 amide bonds. The third-order valence-electron chi connectivity index (χ3n) is 2.72. The van der Waals surface area contributed by atoms with Gasteiger partial charge in [0, 0.05) is 30.7 Å². The Kier molecular flexibility index (Phi) is 6.17. The fourth-order valence-electron chi connectivity index (χ4n) is 1.89. The molecule has 0 aliphatic heterocycles. The summed E-state index contributed by atoms with van der Waals surface area (Å²) in [5, 5.41) is 6.25. The zero-order valence-electron chi connectivity index (χ0n) is 13.3. The SMILES string of the molecule is CN(C)Cc1cccc(NC(=O)CCNC(C)(C)C)c1. The summed E-state index contributed by atoms with van der Waals surface area (Å²) in [6.45, 7) is 7.84.